The number of nitrogens with zero attached hydrogens (tertiary/aromatic N) is 1. The van der Waals surface area contributed by atoms with E-state index in [2.05, 4.69) is 24.4 Å². The van der Waals surface area contributed by atoms with Crippen LogP contribution in [-0.2, 0) is 13.2 Å². The third-order valence-electron chi connectivity index (χ3n) is 3.39. The molecule has 0 unspecified atom stereocenters. The molecule has 2 aromatic carbocycles. The fourth-order valence-corrected chi connectivity index (χ4v) is 2.13. The van der Waals surface area contributed by atoms with Gasteiger partial charge in [-0.3, -0.25) is 0 Å². The maximum Gasteiger partial charge on any atom is 0.124 e. The molecule has 0 aliphatic rings. The SMILES string of the molecule is CCNCc1ccccc1OCc1ccc(C#N)cc1C. The zero-order chi connectivity index (χ0) is 15.1. The number of rotatable bonds is 6. The molecule has 1 N–H and O–H groups in total. The molecule has 3 heteroatoms. The summed E-state index contributed by atoms with van der Waals surface area (Å²) in [4.78, 5) is 0. The number of aryl methyl sites for hydroxylation is 1. The summed E-state index contributed by atoms with van der Waals surface area (Å²) in [5.74, 6) is 0.905. The smallest absolute Gasteiger partial charge is 0.124 e. The second-order valence-electron chi connectivity index (χ2n) is 4.93. The van der Waals surface area contributed by atoms with E-state index in [9.17, 15) is 0 Å². The monoisotopic (exact) mass is 280 g/mol. The van der Waals surface area contributed by atoms with Gasteiger partial charge < -0.3 is 10.1 Å². The van der Waals surface area contributed by atoms with E-state index in [-0.39, 0.29) is 0 Å². The van der Waals surface area contributed by atoms with Gasteiger partial charge in [0.15, 0.2) is 0 Å². The zero-order valence-electron chi connectivity index (χ0n) is 12.5. The lowest BCUT2D eigenvalue weighted by Gasteiger charge is -2.13. The molecule has 3 nitrogen and oxygen atoms in total. The standard InChI is InChI=1S/C18H20N2O/c1-3-20-12-16-6-4-5-7-18(16)21-13-17-9-8-15(11-19)10-14(17)2/h4-10,20H,3,12-13H2,1-2H3. The molecule has 0 heterocycles. The van der Waals surface area contributed by atoms with Crippen LogP contribution < -0.4 is 10.1 Å². The lowest BCUT2D eigenvalue weighted by molar-refractivity contribution is 0.301. The summed E-state index contributed by atoms with van der Waals surface area (Å²) in [6.07, 6.45) is 0. The average Bonchev–Trinajstić information content (AvgIpc) is 2.52. The first-order valence-electron chi connectivity index (χ1n) is 7.15. The second kappa shape index (κ2) is 7.47. The highest BCUT2D eigenvalue weighted by atomic mass is 16.5. The molecule has 0 saturated carbocycles. The van der Waals surface area contributed by atoms with Crippen LogP contribution in [0.5, 0.6) is 5.75 Å². The van der Waals surface area contributed by atoms with Gasteiger partial charge in [-0.15, -0.1) is 0 Å². The highest BCUT2D eigenvalue weighted by Gasteiger charge is 2.05. The molecule has 21 heavy (non-hydrogen) atoms. The van der Waals surface area contributed by atoms with Gasteiger partial charge in [0.25, 0.3) is 0 Å². The molecule has 0 spiro atoms. The lowest BCUT2D eigenvalue weighted by Crippen LogP contribution is -2.12. The highest BCUT2D eigenvalue weighted by Crippen LogP contribution is 2.20. The van der Waals surface area contributed by atoms with Gasteiger partial charge in [0.05, 0.1) is 11.6 Å². The van der Waals surface area contributed by atoms with Gasteiger partial charge in [-0.05, 0) is 42.8 Å². The Hall–Kier alpha value is -2.31. The topological polar surface area (TPSA) is 45.0 Å². The zero-order valence-corrected chi connectivity index (χ0v) is 12.5. The van der Waals surface area contributed by atoms with E-state index in [0.717, 1.165) is 35.5 Å². The molecular weight excluding hydrogens is 260 g/mol. The number of hydrogen-bond donors (Lipinski definition) is 1. The Morgan fingerprint density at radius 2 is 1.95 bits per heavy atom. The van der Waals surface area contributed by atoms with E-state index in [1.807, 2.05) is 43.3 Å². The van der Waals surface area contributed by atoms with Crippen LogP contribution in [0.15, 0.2) is 42.5 Å². The Labute approximate surface area is 126 Å². The van der Waals surface area contributed by atoms with Gasteiger partial charge in [-0.2, -0.15) is 5.26 Å². The van der Waals surface area contributed by atoms with Gasteiger partial charge >= 0.3 is 0 Å². The number of ether oxygens (including phenoxy) is 1. The van der Waals surface area contributed by atoms with E-state index in [1.54, 1.807) is 0 Å². The average molecular weight is 280 g/mol. The minimum absolute atomic E-state index is 0.515. The van der Waals surface area contributed by atoms with Crippen molar-refractivity contribution >= 4 is 0 Å². The van der Waals surface area contributed by atoms with Crippen molar-refractivity contribution in [2.24, 2.45) is 0 Å². The molecule has 0 saturated heterocycles. The maximum atomic E-state index is 8.89. The lowest BCUT2D eigenvalue weighted by atomic mass is 10.1. The predicted octanol–water partition coefficient (Wildman–Crippen LogP) is 3.56. The molecule has 0 amide bonds. The van der Waals surface area contributed by atoms with Crippen LogP contribution >= 0.6 is 0 Å². The van der Waals surface area contributed by atoms with Gasteiger partial charge in [0.1, 0.15) is 12.4 Å². The largest absolute Gasteiger partial charge is 0.489 e. The third-order valence-corrected chi connectivity index (χ3v) is 3.39. The first-order valence-corrected chi connectivity index (χ1v) is 7.15. The molecule has 0 radical (unpaired) electrons. The minimum Gasteiger partial charge on any atom is -0.489 e. The molecule has 108 valence electrons. The van der Waals surface area contributed by atoms with Crippen LogP contribution in [0.4, 0.5) is 0 Å². The number of nitrogens with one attached hydrogen (secondary N) is 1. The normalized spacial score (nSPS) is 10.1. The Kier molecular flexibility index (Phi) is 5.36. The molecule has 0 aliphatic heterocycles. The fraction of sp³-hybridized carbons (Fsp3) is 0.278. The quantitative estimate of drug-likeness (QED) is 0.880. The van der Waals surface area contributed by atoms with E-state index >= 15 is 0 Å². The van der Waals surface area contributed by atoms with Crippen molar-refractivity contribution < 1.29 is 4.74 Å². The number of benzene rings is 2. The third kappa shape index (κ3) is 4.08. The summed E-state index contributed by atoms with van der Waals surface area (Å²) in [6.45, 7) is 6.34. The second-order valence-corrected chi connectivity index (χ2v) is 4.93. The fourth-order valence-electron chi connectivity index (χ4n) is 2.13. The van der Waals surface area contributed by atoms with Crippen molar-refractivity contribution in [3.63, 3.8) is 0 Å². The molecule has 0 atom stereocenters. The summed E-state index contributed by atoms with van der Waals surface area (Å²) in [7, 11) is 0. The molecule has 0 bridgehead atoms. The number of nitriles is 1. The first kappa shape index (κ1) is 15.1. The molecule has 0 fully saturated rings. The van der Waals surface area contributed by atoms with Crippen molar-refractivity contribution in [3.05, 3.63) is 64.7 Å². The maximum absolute atomic E-state index is 8.89. The Balaban J connectivity index is 2.08. The summed E-state index contributed by atoms with van der Waals surface area (Å²) in [6, 6.07) is 15.9. The van der Waals surface area contributed by atoms with Crippen molar-refractivity contribution in [2.75, 3.05) is 6.54 Å². The number of hydrogen-bond acceptors (Lipinski definition) is 3. The summed E-state index contributed by atoms with van der Waals surface area (Å²) in [5.41, 5.74) is 4.03. The minimum atomic E-state index is 0.515. The van der Waals surface area contributed by atoms with Crippen LogP contribution in [-0.4, -0.2) is 6.54 Å². The van der Waals surface area contributed by atoms with Crippen LogP contribution in [0.3, 0.4) is 0 Å². The van der Waals surface area contributed by atoms with Crippen LogP contribution in [0, 0.1) is 18.3 Å². The molecule has 2 aromatic rings. The molecule has 0 aliphatic carbocycles. The van der Waals surface area contributed by atoms with Crippen molar-refractivity contribution in [2.45, 2.75) is 27.0 Å². The van der Waals surface area contributed by atoms with Gasteiger partial charge in [0.2, 0.25) is 0 Å². The Bertz CT molecular complexity index is 644. The van der Waals surface area contributed by atoms with Crippen LogP contribution in [0.25, 0.3) is 0 Å². The van der Waals surface area contributed by atoms with E-state index in [0.29, 0.717) is 12.2 Å². The van der Waals surface area contributed by atoms with Crippen molar-refractivity contribution in [1.29, 1.82) is 5.26 Å². The molecular formula is C18H20N2O. The molecule has 0 aromatic heterocycles. The molecule has 2 rings (SSSR count). The first-order chi connectivity index (χ1) is 10.2. The van der Waals surface area contributed by atoms with Crippen LogP contribution in [0.1, 0.15) is 29.2 Å². The van der Waals surface area contributed by atoms with Gasteiger partial charge in [-0.25, -0.2) is 0 Å². The van der Waals surface area contributed by atoms with Gasteiger partial charge in [-0.1, -0.05) is 31.2 Å². The Morgan fingerprint density at radius 1 is 1.14 bits per heavy atom. The highest BCUT2D eigenvalue weighted by molar-refractivity contribution is 5.38. The van der Waals surface area contributed by atoms with Crippen LogP contribution in [0.2, 0.25) is 0 Å². The summed E-state index contributed by atoms with van der Waals surface area (Å²) >= 11 is 0. The van der Waals surface area contributed by atoms with Crippen molar-refractivity contribution in [3.8, 4) is 11.8 Å². The van der Waals surface area contributed by atoms with Gasteiger partial charge in [0, 0.05) is 12.1 Å². The van der Waals surface area contributed by atoms with E-state index < -0.39 is 0 Å². The number of para-hydroxylation sites is 1. The summed E-state index contributed by atoms with van der Waals surface area (Å²) in [5, 5.41) is 12.2. The predicted molar refractivity (Wildman–Crippen MR) is 84.0 cm³/mol. The van der Waals surface area contributed by atoms with E-state index in [1.165, 1.54) is 0 Å². The van der Waals surface area contributed by atoms with Crippen molar-refractivity contribution in [1.82, 2.24) is 5.32 Å². The Morgan fingerprint density at radius 3 is 2.67 bits per heavy atom. The summed E-state index contributed by atoms with van der Waals surface area (Å²) < 4.78 is 5.95. The van der Waals surface area contributed by atoms with E-state index in [4.69, 9.17) is 10.00 Å².